The fourth-order valence-corrected chi connectivity index (χ4v) is 4.37. The van der Waals surface area contributed by atoms with Crippen molar-refractivity contribution in [1.82, 2.24) is 14.3 Å². The van der Waals surface area contributed by atoms with Crippen LogP contribution in [-0.4, -0.2) is 26.0 Å². The minimum atomic E-state index is -0.785. The smallest absolute Gasteiger partial charge is 0.295 e. The minimum Gasteiger partial charge on any atom is -0.871 e. The van der Waals surface area contributed by atoms with Crippen molar-refractivity contribution in [2.24, 2.45) is 0 Å². The normalized spacial score (nSPS) is 17.8. The van der Waals surface area contributed by atoms with Gasteiger partial charge in [0.15, 0.2) is 12.4 Å². The van der Waals surface area contributed by atoms with E-state index in [1.807, 2.05) is 49.4 Å². The van der Waals surface area contributed by atoms with Crippen molar-refractivity contribution in [2.75, 3.05) is 0 Å². The molecule has 0 bridgehead atoms. The number of nitrogens with zero attached hydrogens (tertiary/aromatic N) is 3. The van der Waals surface area contributed by atoms with Gasteiger partial charge in [-0.25, -0.2) is 9.97 Å². The van der Waals surface area contributed by atoms with Crippen LogP contribution in [0.25, 0.3) is 11.4 Å². The number of pyridine rings is 2. The van der Waals surface area contributed by atoms with Gasteiger partial charge in [-0.05, 0) is 37.6 Å². The first-order chi connectivity index (χ1) is 16.0. The summed E-state index contributed by atoms with van der Waals surface area (Å²) in [5.41, 5.74) is 3.97. The van der Waals surface area contributed by atoms with E-state index in [-0.39, 0.29) is 12.1 Å². The van der Waals surface area contributed by atoms with Crippen LogP contribution in [0.4, 0.5) is 0 Å². The van der Waals surface area contributed by atoms with Gasteiger partial charge in [0.05, 0.1) is 24.0 Å². The molecule has 33 heavy (non-hydrogen) atoms. The number of rotatable bonds is 4. The number of likely N-dealkylation sites (tertiary alicyclic amines) is 1. The predicted molar refractivity (Wildman–Crippen MR) is 119 cm³/mol. The Bertz CT molecular complexity index is 1400. The molecule has 1 aliphatic heterocycles. The van der Waals surface area contributed by atoms with Crippen LogP contribution in [0.5, 0.6) is 0 Å². The van der Waals surface area contributed by atoms with Gasteiger partial charge in [-0.3, -0.25) is 9.59 Å². The molecular formula is C26H22N4O3. The lowest BCUT2D eigenvalue weighted by molar-refractivity contribution is -0.378. The summed E-state index contributed by atoms with van der Waals surface area (Å²) in [6, 6.07) is 15.9. The number of nitrogens with one attached hydrogen (secondary N) is 1. The summed E-state index contributed by atoms with van der Waals surface area (Å²) in [6.07, 6.45) is 5.29. The summed E-state index contributed by atoms with van der Waals surface area (Å²) < 4.78 is 1.67. The molecule has 164 valence electrons. The number of H-pyrrole nitrogens is 1. The summed E-state index contributed by atoms with van der Waals surface area (Å²) >= 11 is 0. The molecule has 1 fully saturated rings. The van der Waals surface area contributed by atoms with E-state index in [1.54, 1.807) is 42.0 Å². The molecule has 0 radical (unpaired) electrons. The third-order valence-corrected chi connectivity index (χ3v) is 5.97. The van der Waals surface area contributed by atoms with Gasteiger partial charge in [-0.2, -0.15) is 0 Å². The number of aromatic nitrogens is 3. The summed E-state index contributed by atoms with van der Waals surface area (Å²) in [5, 5.41) is 13.8. The van der Waals surface area contributed by atoms with Gasteiger partial charge in [0.2, 0.25) is 5.78 Å². The number of ketones is 1. The molecule has 1 aromatic carbocycles. The highest BCUT2D eigenvalue weighted by atomic mass is 16.3. The van der Waals surface area contributed by atoms with E-state index >= 15 is 0 Å². The summed E-state index contributed by atoms with van der Waals surface area (Å²) in [6.45, 7) is 3.90. The monoisotopic (exact) mass is 438 g/mol. The Balaban J connectivity index is 1.72. The molecule has 0 spiro atoms. The average Bonchev–Trinajstić information content (AvgIpc) is 3.28. The van der Waals surface area contributed by atoms with Crippen LogP contribution in [-0.2, 0) is 16.1 Å². The molecule has 0 saturated carbocycles. The Kier molecular flexibility index (Phi) is 5.01. The van der Waals surface area contributed by atoms with Gasteiger partial charge in [-0.15, -0.1) is 0 Å². The number of carbonyl (C=O) groups is 2. The topological polar surface area (TPSA) is 91.9 Å². The second-order valence-corrected chi connectivity index (χ2v) is 8.20. The number of Topliss-reactive ketones (excluding diaryl/α,β-unsaturated/α-hetero) is 1. The maximum atomic E-state index is 13.8. The van der Waals surface area contributed by atoms with Gasteiger partial charge >= 0.3 is 0 Å². The van der Waals surface area contributed by atoms with Gasteiger partial charge in [0, 0.05) is 23.4 Å². The van der Waals surface area contributed by atoms with E-state index in [9.17, 15) is 14.7 Å². The number of hydrogen-bond acceptors (Lipinski definition) is 4. The van der Waals surface area contributed by atoms with E-state index in [0.29, 0.717) is 17.0 Å². The maximum Gasteiger partial charge on any atom is 0.295 e. The summed E-state index contributed by atoms with van der Waals surface area (Å²) in [4.78, 5) is 35.4. The van der Waals surface area contributed by atoms with Crippen molar-refractivity contribution in [2.45, 2.75) is 26.4 Å². The largest absolute Gasteiger partial charge is 0.871 e. The van der Waals surface area contributed by atoms with Crippen molar-refractivity contribution in [1.29, 1.82) is 0 Å². The standard InChI is InChI=1S/C26H22N4O3/c1-16-8-10-19(11-9-16)23-21(24(31)22-17(2)28-20-7-3-4-13-29(20)22)25(32)26(33)30(23)15-18-6-5-12-27-14-18/h3-14,23,31H,15H2,1-2H3. The number of aryl methyl sites for hydroxylation is 2. The van der Waals surface area contributed by atoms with Gasteiger partial charge in [0.25, 0.3) is 5.91 Å². The van der Waals surface area contributed by atoms with E-state index in [1.165, 1.54) is 4.90 Å². The van der Waals surface area contributed by atoms with Crippen LogP contribution < -0.4 is 10.1 Å². The molecule has 4 heterocycles. The third-order valence-electron chi connectivity index (χ3n) is 5.97. The fraction of sp³-hybridized carbons (Fsp3) is 0.154. The number of imidazole rings is 1. The average molecular weight is 438 g/mol. The molecule has 4 aromatic rings. The van der Waals surface area contributed by atoms with Crippen LogP contribution in [0.2, 0.25) is 0 Å². The van der Waals surface area contributed by atoms with Crippen LogP contribution in [0.3, 0.4) is 0 Å². The molecule has 1 saturated heterocycles. The Morgan fingerprint density at radius 1 is 1.06 bits per heavy atom. The molecule has 3 aromatic heterocycles. The molecule has 0 aliphatic carbocycles. The van der Waals surface area contributed by atoms with E-state index < -0.39 is 23.5 Å². The van der Waals surface area contributed by atoms with Crippen LogP contribution >= 0.6 is 0 Å². The van der Waals surface area contributed by atoms with Crippen molar-refractivity contribution < 1.29 is 19.7 Å². The van der Waals surface area contributed by atoms with E-state index in [0.717, 1.165) is 16.7 Å². The van der Waals surface area contributed by atoms with Gasteiger partial charge in [-0.1, -0.05) is 41.7 Å². The minimum absolute atomic E-state index is 0.0440. The van der Waals surface area contributed by atoms with Crippen molar-refractivity contribution in [3.8, 4) is 0 Å². The highest BCUT2D eigenvalue weighted by Gasteiger charge is 2.44. The number of carbonyl (C=O) groups excluding carboxylic acids is 2. The quantitative estimate of drug-likeness (QED) is 0.277. The molecule has 1 N–H and O–H groups in total. The number of aromatic amines is 1. The second-order valence-electron chi connectivity index (χ2n) is 8.20. The van der Waals surface area contributed by atoms with Crippen molar-refractivity contribution >= 4 is 23.1 Å². The Morgan fingerprint density at radius 3 is 2.58 bits per heavy atom. The molecular weight excluding hydrogens is 416 g/mol. The molecule has 1 atom stereocenters. The van der Waals surface area contributed by atoms with Gasteiger partial charge < -0.3 is 14.4 Å². The Hall–Kier alpha value is -4.26. The molecule has 1 amide bonds. The zero-order valence-corrected chi connectivity index (χ0v) is 18.3. The highest BCUT2D eigenvalue weighted by molar-refractivity contribution is 6.46. The van der Waals surface area contributed by atoms with Gasteiger partial charge in [0.1, 0.15) is 5.65 Å². The first-order valence-electron chi connectivity index (χ1n) is 10.7. The number of hydrogen-bond donors (Lipinski definition) is 0. The fourth-order valence-electron chi connectivity index (χ4n) is 4.37. The molecule has 1 aliphatic rings. The van der Waals surface area contributed by atoms with E-state index in [2.05, 4.69) is 9.97 Å². The van der Waals surface area contributed by atoms with Crippen LogP contribution in [0, 0.1) is 13.8 Å². The molecule has 5 rings (SSSR count). The van der Waals surface area contributed by atoms with Crippen LogP contribution in [0.1, 0.15) is 34.1 Å². The number of benzene rings is 1. The molecule has 7 nitrogen and oxygen atoms in total. The first kappa shape index (κ1) is 20.6. The van der Waals surface area contributed by atoms with Crippen molar-refractivity contribution in [3.63, 3.8) is 0 Å². The number of fused-ring (bicyclic) bond motifs is 1. The highest BCUT2D eigenvalue weighted by Crippen LogP contribution is 2.40. The zero-order valence-electron chi connectivity index (χ0n) is 18.3. The Morgan fingerprint density at radius 2 is 1.85 bits per heavy atom. The summed E-state index contributed by atoms with van der Waals surface area (Å²) in [5.74, 6) is -1.92. The second kappa shape index (κ2) is 8.02. The molecule has 7 heteroatoms. The predicted octanol–water partition coefficient (Wildman–Crippen LogP) is 2.19. The molecule has 1 unspecified atom stereocenters. The lowest BCUT2D eigenvalue weighted by Crippen LogP contribution is -2.29. The lowest BCUT2D eigenvalue weighted by atomic mass is 9.95. The van der Waals surface area contributed by atoms with Crippen LogP contribution in [0.15, 0.2) is 78.8 Å². The number of amides is 1. The lowest BCUT2D eigenvalue weighted by Gasteiger charge is -2.27. The third kappa shape index (κ3) is 3.47. The maximum absolute atomic E-state index is 13.8. The Labute approximate surface area is 190 Å². The summed E-state index contributed by atoms with van der Waals surface area (Å²) in [7, 11) is 0. The SMILES string of the molecule is Cc1ccc(C2C(=C([O-])c3c(C)nc4ccccn34)C(=O)C(=O)N2Cc2ccc[nH+]c2)cc1. The first-order valence-corrected chi connectivity index (χ1v) is 10.7. The van der Waals surface area contributed by atoms with Crippen molar-refractivity contribution in [3.05, 3.63) is 107 Å². The zero-order chi connectivity index (χ0) is 23.1. The van der Waals surface area contributed by atoms with E-state index in [4.69, 9.17) is 0 Å².